The van der Waals surface area contributed by atoms with Crippen molar-refractivity contribution < 1.29 is 4.74 Å². The zero-order chi connectivity index (χ0) is 20.6. The summed E-state index contributed by atoms with van der Waals surface area (Å²) in [6.07, 6.45) is 3.16. The van der Waals surface area contributed by atoms with Crippen LogP contribution < -0.4 is 10.6 Å². The van der Waals surface area contributed by atoms with Crippen LogP contribution in [0.4, 0.5) is 0 Å². The van der Waals surface area contributed by atoms with E-state index >= 15 is 0 Å². The summed E-state index contributed by atoms with van der Waals surface area (Å²) in [5, 5.41) is 7.01. The Bertz CT molecular complexity index is 616. The molecule has 1 aliphatic rings. The molecule has 0 saturated carbocycles. The number of aliphatic imine (C=N–C) groups is 1. The minimum atomic E-state index is -0.00740. The van der Waals surface area contributed by atoms with Gasteiger partial charge in [-0.15, -0.1) is 0 Å². The van der Waals surface area contributed by atoms with Crippen molar-refractivity contribution in [3.63, 3.8) is 0 Å². The molecule has 1 fully saturated rings. The van der Waals surface area contributed by atoms with Gasteiger partial charge in [0.2, 0.25) is 0 Å². The summed E-state index contributed by atoms with van der Waals surface area (Å²) in [7, 11) is 4.33. The van der Waals surface area contributed by atoms with Gasteiger partial charge in [-0.25, -0.2) is 0 Å². The number of ether oxygens (including phenoxy) is 1. The number of benzene rings is 1. The van der Waals surface area contributed by atoms with Crippen LogP contribution in [0, 0.1) is 0 Å². The SMILES string of the molecule is CCNC(=NCC(C)(C)c1ccc(CC)cc1)NCC1(N(C)C)CCOCC1. The molecule has 158 valence electrons. The molecule has 1 saturated heterocycles. The fourth-order valence-corrected chi connectivity index (χ4v) is 3.68. The highest BCUT2D eigenvalue weighted by atomic mass is 16.5. The molecule has 0 unspecified atom stereocenters. The lowest BCUT2D eigenvalue weighted by Crippen LogP contribution is -2.57. The number of guanidine groups is 1. The van der Waals surface area contributed by atoms with Gasteiger partial charge in [0.25, 0.3) is 0 Å². The lowest BCUT2D eigenvalue weighted by molar-refractivity contribution is -0.00501. The van der Waals surface area contributed by atoms with Crippen molar-refractivity contribution in [3.8, 4) is 0 Å². The minimum absolute atomic E-state index is 0.00740. The molecule has 2 rings (SSSR count). The second-order valence-corrected chi connectivity index (χ2v) is 8.71. The quantitative estimate of drug-likeness (QED) is 0.530. The van der Waals surface area contributed by atoms with E-state index in [1.165, 1.54) is 11.1 Å². The van der Waals surface area contributed by atoms with Gasteiger partial charge in [0.1, 0.15) is 0 Å². The lowest BCUT2D eigenvalue weighted by atomic mass is 9.84. The Hall–Kier alpha value is -1.59. The average molecular weight is 389 g/mol. The summed E-state index contributed by atoms with van der Waals surface area (Å²) in [6, 6.07) is 8.96. The van der Waals surface area contributed by atoms with Crippen LogP contribution in [-0.4, -0.2) is 63.3 Å². The van der Waals surface area contributed by atoms with Gasteiger partial charge in [0.15, 0.2) is 5.96 Å². The lowest BCUT2D eigenvalue weighted by Gasteiger charge is -2.43. The molecule has 0 bridgehead atoms. The molecule has 0 aliphatic carbocycles. The van der Waals surface area contributed by atoms with Crippen LogP contribution in [0.25, 0.3) is 0 Å². The summed E-state index contributed by atoms with van der Waals surface area (Å²) >= 11 is 0. The molecule has 0 amide bonds. The van der Waals surface area contributed by atoms with Gasteiger partial charge < -0.3 is 20.3 Å². The Kier molecular flexibility index (Phi) is 8.32. The van der Waals surface area contributed by atoms with Crippen LogP contribution in [-0.2, 0) is 16.6 Å². The molecular formula is C23H40N4O. The predicted octanol–water partition coefficient (Wildman–Crippen LogP) is 3.19. The van der Waals surface area contributed by atoms with Crippen molar-refractivity contribution in [2.24, 2.45) is 4.99 Å². The van der Waals surface area contributed by atoms with Gasteiger partial charge in [-0.2, -0.15) is 0 Å². The zero-order valence-corrected chi connectivity index (χ0v) is 18.8. The average Bonchev–Trinajstić information content (AvgIpc) is 2.70. The summed E-state index contributed by atoms with van der Waals surface area (Å²) in [4.78, 5) is 7.26. The Morgan fingerprint density at radius 1 is 1.11 bits per heavy atom. The van der Waals surface area contributed by atoms with E-state index in [0.29, 0.717) is 0 Å². The standard InChI is InChI=1S/C23H40N4O/c1-7-19-9-11-20(12-10-19)22(3,4)17-25-21(24-8-2)26-18-23(27(5)6)13-15-28-16-14-23/h9-12H,7-8,13-18H2,1-6H3,(H2,24,25,26). The molecule has 0 aromatic heterocycles. The maximum absolute atomic E-state index is 5.59. The number of aryl methyl sites for hydroxylation is 1. The third-order valence-corrected chi connectivity index (χ3v) is 6.08. The fourth-order valence-electron chi connectivity index (χ4n) is 3.68. The number of hydrogen-bond donors (Lipinski definition) is 2. The summed E-state index contributed by atoms with van der Waals surface area (Å²) in [6.45, 7) is 13.0. The summed E-state index contributed by atoms with van der Waals surface area (Å²) in [5.74, 6) is 0.897. The molecule has 2 N–H and O–H groups in total. The van der Waals surface area contributed by atoms with Crippen LogP contribution in [0.3, 0.4) is 0 Å². The highest BCUT2D eigenvalue weighted by Crippen LogP contribution is 2.26. The Balaban J connectivity index is 2.05. The van der Waals surface area contributed by atoms with Crippen molar-refractivity contribution >= 4 is 5.96 Å². The highest BCUT2D eigenvalue weighted by Gasteiger charge is 2.34. The monoisotopic (exact) mass is 388 g/mol. The molecule has 1 aliphatic heterocycles. The zero-order valence-electron chi connectivity index (χ0n) is 18.8. The van der Waals surface area contributed by atoms with Gasteiger partial charge in [0.05, 0.1) is 6.54 Å². The maximum Gasteiger partial charge on any atom is 0.191 e. The van der Waals surface area contributed by atoms with E-state index in [4.69, 9.17) is 9.73 Å². The van der Waals surface area contributed by atoms with Gasteiger partial charge in [-0.05, 0) is 51.4 Å². The second kappa shape index (κ2) is 10.3. The number of likely N-dealkylation sites (N-methyl/N-ethyl adjacent to an activating group) is 1. The summed E-state index contributed by atoms with van der Waals surface area (Å²) < 4.78 is 5.59. The molecule has 5 nitrogen and oxygen atoms in total. The van der Waals surface area contributed by atoms with Crippen molar-refractivity contribution in [2.45, 2.75) is 57.9 Å². The van der Waals surface area contributed by atoms with Crippen LogP contribution in [0.1, 0.15) is 51.7 Å². The maximum atomic E-state index is 5.59. The third-order valence-electron chi connectivity index (χ3n) is 6.08. The molecular weight excluding hydrogens is 348 g/mol. The smallest absolute Gasteiger partial charge is 0.191 e. The van der Waals surface area contributed by atoms with Crippen LogP contribution in [0.2, 0.25) is 0 Å². The molecule has 0 radical (unpaired) electrons. The Labute approximate surface area is 171 Å². The summed E-state index contributed by atoms with van der Waals surface area (Å²) in [5.41, 5.74) is 2.83. The van der Waals surface area contributed by atoms with E-state index in [9.17, 15) is 0 Å². The second-order valence-electron chi connectivity index (χ2n) is 8.71. The number of nitrogens with one attached hydrogen (secondary N) is 2. The van der Waals surface area contributed by atoms with E-state index in [1.807, 2.05) is 0 Å². The number of hydrogen-bond acceptors (Lipinski definition) is 3. The predicted molar refractivity (Wildman–Crippen MR) is 119 cm³/mol. The van der Waals surface area contributed by atoms with Gasteiger partial charge in [-0.1, -0.05) is 45.0 Å². The highest BCUT2D eigenvalue weighted by molar-refractivity contribution is 5.79. The van der Waals surface area contributed by atoms with Crippen molar-refractivity contribution in [1.29, 1.82) is 0 Å². The topological polar surface area (TPSA) is 48.9 Å². The van der Waals surface area contributed by atoms with E-state index in [0.717, 1.165) is 58.1 Å². The minimum Gasteiger partial charge on any atom is -0.381 e. The van der Waals surface area contributed by atoms with Crippen LogP contribution in [0.15, 0.2) is 29.3 Å². The molecule has 5 heteroatoms. The molecule has 0 atom stereocenters. The molecule has 0 spiro atoms. The Morgan fingerprint density at radius 2 is 1.75 bits per heavy atom. The first-order chi connectivity index (χ1) is 13.3. The third kappa shape index (κ3) is 5.95. The van der Waals surface area contributed by atoms with E-state index in [1.54, 1.807) is 0 Å². The first-order valence-corrected chi connectivity index (χ1v) is 10.7. The first-order valence-electron chi connectivity index (χ1n) is 10.7. The van der Waals surface area contributed by atoms with Gasteiger partial charge >= 0.3 is 0 Å². The van der Waals surface area contributed by atoms with Crippen molar-refractivity contribution in [3.05, 3.63) is 35.4 Å². The van der Waals surface area contributed by atoms with E-state index < -0.39 is 0 Å². The molecule has 28 heavy (non-hydrogen) atoms. The number of nitrogens with zero attached hydrogens (tertiary/aromatic N) is 2. The van der Waals surface area contributed by atoms with Gasteiger partial charge in [-0.3, -0.25) is 4.99 Å². The van der Waals surface area contributed by atoms with Crippen molar-refractivity contribution in [2.75, 3.05) is 46.9 Å². The number of rotatable bonds is 8. The van der Waals surface area contributed by atoms with Gasteiger partial charge in [0, 0.05) is 37.3 Å². The van der Waals surface area contributed by atoms with Crippen LogP contribution >= 0.6 is 0 Å². The molecule has 1 aromatic rings. The van der Waals surface area contributed by atoms with E-state index in [2.05, 4.69) is 81.6 Å². The first kappa shape index (κ1) is 22.7. The molecule has 1 aromatic carbocycles. The van der Waals surface area contributed by atoms with E-state index in [-0.39, 0.29) is 11.0 Å². The Morgan fingerprint density at radius 3 is 2.29 bits per heavy atom. The molecule has 1 heterocycles. The fraction of sp³-hybridized carbons (Fsp3) is 0.696. The van der Waals surface area contributed by atoms with Crippen molar-refractivity contribution in [1.82, 2.24) is 15.5 Å². The normalized spacial score (nSPS) is 17.6. The largest absolute Gasteiger partial charge is 0.381 e. The van der Waals surface area contributed by atoms with Crippen LogP contribution in [0.5, 0.6) is 0 Å².